The number of ether oxygens (including phenoxy) is 1. The van der Waals surface area contributed by atoms with E-state index in [0.717, 1.165) is 33.6 Å². The standard InChI is InChI=1S/C20H17N5O/c1-13-5-8-18(22-11-13)24-20-16-7-6-15(26-2)10-17(16)23-19(25-20)14-4-3-9-21-12-14/h3-12H,1-2H3,(H,22,23,24,25). The van der Waals surface area contributed by atoms with E-state index < -0.39 is 0 Å². The predicted molar refractivity (Wildman–Crippen MR) is 102 cm³/mol. The van der Waals surface area contributed by atoms with Crippen molar-refractivity contribution in [2.75, 3.05) is 12.4 Å². The first-order valence-electron chi connectivity index (χ1n) is 8.19. The fourth-order valence-corrected chi connectivity index (χ4v) is 2.62. The number of benzene rings is 1. The first-order chi connectivity index (χ1) is 12.7. The van der Waals surface area contributed by atoms with Crippen molar-refractivity contribution < 1.29 is 4.74 Å². The first-order valence-corrected chi connectivity index (χ1v) is 8.19. The molecule has 0 aliphatic carbocycles. The fraction of sp³-hybridized carbons (Fsp3) is 0.100. The van der Waals surface area contributed by atoms with Crippen LogP contribution in [0.5, 0.6) is 5.75 Å². The zero-order chi connectivity index (χ0) is 17.9. The number of pyridine rings is 2. The van der Waals surface area contributed by atoms with Crippen LogP contribution in [-0.4, -0.2) is 27.0 Å². The number of nitrogens with one attached hydrogen (secondary N) is 1. The Morgan fingerprint density at radius 3 is 2.65 bits per heavy atom. The second kappa shape index (κ2) is 6.76. The van der Waals surface area contributed by atoms with Gasteiger partial charge in [-0.2, -0.15) is 0 Å². The van der Waals surface area contributed by atoms with Crippen molar-refractivity contribution in [3.8, 4) is 17.1 Å². The molecule has 4 rings (SSSR count). The summed E-state index contributed by atoms with van der Waals surface area (Å²) in [5.74, 6) is 2.75. The van der Waals surface area contributed by atoms with Gasteiger partial charge in [-0.05, 0) is 42.8 Å². The summed E-state index contributed by atoms with van der Waals surface area (Å²) in [4.78, 5) is 17.9. The van der Waals surface area contributed by atoms with E-state index in [2.05, 4.69) is 20.3 Å². The molecule has 0 aliphatic rings. The second-order valence-electron chi connectivity index (χ2n) is 5.87. The monoisotopic (exact) mass is 343 g/mol. The highest BCUT2D eigenvalue weighted by Crippen LogP contribution is 2.29. The Bertz CT molecular complexity index is 1050. The van der Waals surface area contributed by atoms with Crippen LogP contribution in [0.25, 0.3) is 22.3 Å². The van der Waals surface area contributed by atoms with Gasteiger partial charge in [0.25, 0.3) is 0 Å². The topological polar surface area (TPSA) is 72.8 Å². The maximum atomic E-state index is 5.33. The molecule has 0 fully saturated rings. The molecule has 1 N–H and O–H groups in total. The van der Waals surface area contributed by atoms with Crippen molar-refractivity contribution in [3.05, 3.63) is 66.6 Å². The summed E-state index contributed by atoms with van der Waals surface area (Å²) < 4.78 is 5.33. The van der Waals surface area contributed by atoms with Crippen LogP contribution in [-0.2, 0) is 0 Å². The molecule has 0 saturated carbocycles. The third-order valence-electron chi connectivity index (χ3n) is 3.98. The molecular weight excluding hydrogens is 326 g/mol. The van der Waals surface area contributed by atoms with E-state index in [0.29, 0.717) is 11.6 Å². The first kappa shape index (κ1) is 16.0. The minimum atomic E-state index is 0.591. The molecule has 0 aliphatic heterocycles. The third-order valence-corrected chi connectivity index (χ3v) is 3.98. The van der Waals surface area contributed by atoms with Crippen molar-refractivity contribution in [2.45, 2.75) is 6.92 Å². The van der Waals surface area contributed by atoms with E-state index in [4.69, 9.17) is 9.72 Å². The number of anilines is 2. The quantitative estimate of drug-likeness (QED) is 0.600. The average Bonchev–Trinajstić information content (AvgIpc) is 2.69. The Labute approximate surface area is 150 Å². The van der Waals surface area contributed by atoms with Gasteiger partial charge in [0.1, 0.15) is 17.4 Å². The Balaban J connectivity index is 1.87. The molecule has 4 aromatic rings. The minimum Gasteiger partial charge on any atom is -0.497 e. The number of rotatable bonds is 4. The number of hydrogen-bond donors (Lipinski definition) is 1. The van der Waals surface area contributed by atoms with Crippen molar-refractivity contribution in [2.24, 2.45) is 0 Å². The smallest absolute Gasteiger partial charge is 0.163 e. The fourth-order valence-electron chi connectivity index (χ4n) is 2.62. The van der Waals surface area contributed by atoms with Gasteiger partial charge in [0.05, 0.1) is 12.6 Å². The van der Waals surface area contributed by atoms with E-state index >= 15 is 0 Å². The van der Waals surface area contributed by atoms with Gasteiger partial charge in [0.15, 0.2) is 5.82 Å². The highest BCUT2D eigenvalue weighted by molar-refractivity contribution is 5.92. The van der Waals surface area contributed by atoms with Crippen LogP contribution in [0.4, 0.5) is 11.6 Å². The van der Waals surface area contributed by atoms with Gasteiger partial charge < -0.3 is 10.1 Å². The number of methoxy groups -OCH3 is 1. The SMILES string of the molecule is COc1ccc2c(Nc3ccc(C)cn3)nc(-c3cccnc3)nc2c1. The van der Waals surface area contributed by atoms with Crippen molar-refractivity contribution in [1.29, 1.82) is 0 Å². The van der Waals surface area contributed by atoms with Gasteiger partial charge in [0.2, 0.25) is 0 Å². The van der Waals surface area contributed by atoms with Gasteiger partial charge in [-0.3, -0.25) is 4.98 Å². The van der Waals surface area contributed by atoms with Crippen molar-refractivity contribution in [3.63, 3.8) is 0 Å². The molecule has 3 heterocycles. The molecule has 0 unspecified atom stereocenters. The van der Waals surface area contributed by atoms with E-state index in [1.165, 1.54) is 0 Å². The molecule has 0 saturated heterocycles. The van der Waals surface area contributed by atoms with Crippen LogP contribution in [0.2, 0.25) is 0 Å². The summed E-state index contributed by atoms with van der Waals surface area (Å²) in [5.41, 5.74) is 2.73. The van der Waals surface area contributed by atoms with E-state index in [9.17, 15) is 0 Å². The Kier molecular flexibility index (Phi) is 4.15. The molecule has 128 valence electrons. The van der Waals surface area contributed by atoms with Gasteiger partial charge in [0, 0.05) is 35.6 Å². The van der Waals surface area contributed by atoms with E-state index in [1.807, 2.05) is 55.6 Å². The lowest BCUT2D eigenvalue weighted by atomic mass is 10.2. The molecule has 0 bridgehead atoms. The van der Waals surface area contributed by atoms with Gasteiger partial charge in [-0.1, -0.05) is 6.07 Å². The zero-order valence-corrected chi connectivity index (χ0v) is 14.5. The molecule has 1 aromatic carbocycles. The molecule has 0 radical (unpaired) electrons. The van der Waals surface area contributed by atoms with Gasteiger partial charge in [-0.25, -0.2) is 15.0 Å². The Morgan fingerprint density at radius 2 is 1.92 bits per heavy atom. The predicted octanol–water partition coefficient (Wildman–Crippen LogP) is 4.15. The van der Waals surface area contributed by atoms with Crippen molar-refractivity contribution >= 4 is 22.5 Å². The summed E-state index contributed by atoms with van der Waals surface area (Å²) in [6, 6.07) is 13.5. The minimum absolute atomic E-state index is 0.591. The molecule has 6 heteroatoms. The summed E-state index contributed by atoms with van der Waals surface area (Å²) >= 11 is 0. The highest BCUT2D eigenvalue weighted by Gasteiger charge is 2.11. The normalized spacial score (nSPS) is 10.7. The highest BCUT2D eigenvalue weighted by atomic mass is 16.5. The van der Waals surface area contributed by atoms with Crippen LogP contribution in [0, 0.1) is 6.92 Å². The number of hydrogen-bond acceptors (Lipinski definition) is 6. The number of nitrogens with zero attached hydrogens (tertiary/aromatic N) is 4. The van der Waals surface area contributed by atoms with Crippen LogP contribution < -0.4 is 10.1 Å². The van der Waals surface area contributed by atoms with Crippen molar-refractivity contribution in [1.82, 2.24) is 19.9 Å². The second-order valence-corrected chi connectivity index (χ2v) is 5.87. The lowest BCUT2D eigenvalue weighted by Gasteiger charge is -2.11. The number of fused-ring (bicyclic) bond motifs is 1. The third kappa shape index (κ3) is 3.17. The van der Waals surface area contributed by atoms with Crippen LogP contribution in [0.1, 0.15) is 5.56 Å². The number of aromatic nitrogens is 4. The van der Waals surface area contributed by atoms with Gasteiger partial charge in [-0.15, -0.1) is 0 Å². The summed E-state index contributed by atoms with van der Waals surface area (Å²) in [6.45, 7) is 2.00. The summed E-state index contributed by atoms with van der Waals surface area (Å²) in [6.07, 6.45) is 5.29. The van der Waals surface area contributed by atoms with Gasteiger partial charge >= 0.3 is 0 Å². The van der Waals surface area contributed by atoms with Crippen LogP contribution in [0.15, 0.2) is 61.1 Å². The molecule has 0 amide bonds. The zero-order valence-electron chi connectivity index (χ0n) is 14.5. The summed E-state index contributed by atoms with van der Waals surface area (Å²) in [5, 5.41) is 4.19. The van der Waals surface area contributed by atoms with E-state index in [-0.39, 0.29) is 0 Å². The Hall–Kier alpha value is -3.54. The summed E-state index contributed by atoms with van der Waals surface area (Å²) in [7, 11) is 1.64. The lowest BCUT2D eigenvalue weighted by Crippen LogP contribution is -2.01. The maximum Gasteiger partial charge on any atom is 0.163 e. The molecule has 0 atom stereocenters. The molecule has 26 heavy (non-hydrogen) atoms. The maximum absolute atomic E-state index is 5.33. The average molecular weight is 343 g/mol. The van der Waals surface area contributed by atoms with E-state index in [1.54, 1.807) is 19.5 Å². The van der Waals surface area contributed by atoms with Crippen LogP contribution >= 0.6 is 0 Å². The Morgan fingerprint density at radius 1 is 1.00 bits per heavy atom. The number of aryl methyl sites for hydroxylation is 1. The molecule has 3 aromatic heterocycles. The van der Waals surface area contributed by atoms with Crippen LogP contribution in [0.3, 0.4) is 0 Å². The lowest BCUT2D eigenvalue weighted by molar-refractivity contribution is 0.415. The molecule has 0 spiro atoms. The molecular formula is C20H17N5O. The largest absolute Gasteiger partial charge is 0.497 e. The molecule has 6 nitrogen and oxygen atoms in total.